The van der Waals surface area contributed by atoms with Crippen molar-refractivity contribution in [3.05, 3.63) is 22.5 Å². The molecule has 16 heavy (non-hydrogen) atoms. The van der Waals surface area contributed by atoms with Crippen LogP contribution in [-0.2, 0) is 4.74 Å². The largest absolute Gasteiger partial charge is 0.384 e. The standard InChI is InChI=1S/C13H21NO2/c1-7-5-6-16-13(7)12(15)11-9(3)8(2)10(4)14-11/h7,12-15H,5-6H2,1-4H3. The first-order valence-electron chi connectivity index (χ1n) is 5.97. The fraction of sp³-hybridized carbons (Fsp3) is 0.692. The predicted octanol–water partition coefficient (Wildman–Crippen LogP) is 2.40. The van der Waals surface area contributed by atoms with Crippen molar-refractivity contribution in [3.8, 4) is 0 Å². The van der Waals surface area contributed by atoms with E-state index < -0.39 is 6.10 Å². The molecule has 1 saturated heterocycles. The van der Waals surface area contributed by atoms with Crippen LogP contribution in [-0.4, -0.2) is 22.8 Å². The Hall–Kier alpha value is -0.800. The fourth-order valence-corrected chi connectivity index (χ4v) is 2.45. The van der Waals surface area contributed by atoms with E-state index in [1.54, 1.807) is 0 Å². The summed E-state index contributed by atoms with van der Waals surface area (Å²) in [7, 11) is 0. The van der Waals surface area contributed by atoms with Crippen molar-refractivity contribution in [2.45, 2.75) is 46.3 Å². The van der Waals surface area contributed by atoms with Crippen LogP contribution in [0.25, 0.3) is 0 Å². The minimum Gasteiger partial charge on any atom is -0.384 e. The van der Waals surface area contributed by atoms with Gasteiger partial charge >= 0.3 is 0 Å². The fourth-order valence-electron chi connectivity index (χ4n) is 2.45. The zero-order valence-corrected chi connectivity index (χ0v) is 10.5. The summed E-state index contributed by atoms with van der Waals surface area (Å²) in [5.41, 5.74) is 4.46. The van der Waals surface area contributed by atoms with Crippen LogP contribution in [0.1, 0.15) is 42.0 Å². The lowest BCUT2D eigenvalue weighted by molar-refractivity contribution is -0.0199. The lowest BCUT2D eigenvalue weighted by Crippen LogP contribution is -2.23. The van der Waals surface area contributed by atoms with Gasteiger partial charge in [-0.3, -0.25) is 0 Å². The number of rotatable bonds is 2. The van der Waals surface area contributed by atoms with Crippen LogP contribution < -0.4 is 0 Å². The van der Waals surface area contributed by atoms with Gasteiger partial charge in [0.1, 0.15) is 6.10 Å². The molecule has 3 atom stereocenters. The van der Waals surface area contributed by atoms with Crippen LogP contribution in [0, 0.1) is 26.7 Å². The molecule has 2 N–H and O–H groups in total. The van der Waals surface area contributed by atoms with Gasteiger partial charge in [-0.05, 0) is 44.2 Å². The summed E-state index contributed by atoms with van der Waals surface area (Å²) in [5.74, 6) is 0.429. The Morgan fingerprint density at radius 2 is 2.00 bits per heavy atom. The lowest BCUT2D eigenvalue weighted by Gasteiger charge is -2.21. The molecule has 0 saturated carbocycles. The van der Waals surface area contributed by atoms with E-state index in [0.29, 0.717) is 5.92 Å². The van der Waals surface area contributed by atoms with E-state index in [4.69, 9.17) is 4.74 Å². The number of aliphatic hydroxyl groups is 1. The Kier molecular flexibility index (Phi) is 3.08. The monoisotopic (exact) mass is 223 g/mol. The summed E-state index contributed by atoms with van der Waals surface area (Å²) in [4.78, 5) is 3.28. The summed E-state index contributed by atoms with van der Waals surface area (Å²) in [5, 5.41) is 10.4. The summed E-state index contributed by atoms with van der Waals surface area (Å²) < 4.78 is 5.62. The number of ether oxygens (including phenoxy) is 1. The summed E-state index contributed by atoms with van der Waals surface area (Å²) >= 11 is 0. The number of aliphatic hydroxyl groups excluding tert-OH is 1. The smallest absolute Gasteiger partial charge is 0.120 e. The molecule has 0 spiro atoms. The Morgan fingerprint density at radius 3 is 2.44 bits per heavy atom. The molecule has 0 amide bonds. The molecule has 0 bridgehead atoms. The van der Waals surface area contributed by atoms with Gasteiger partial charge in [-0.2, -0.15) is 0 Å². The van der Waals surface area contributed by atoms with Gasteiger partial charge in [-0.15, -0.1) is 0 Å². The molecule has 0 radical (unpaired) electrons. The van der Waals surface area contributed by atoms with Crippen molar-refractivity contribution < 1.29 is 9.84 Å². The second kappa shape index (κ2) is 4.22. The van der Waals surface area contributed by atoms with Gasteiger partial charge in [0.25, 0.3) is 0 Å². The molecule has 0 aromatic carbocycles. The second-order valence-corrected chi connectivity index (χ2v) is 4.96. The number of aromatic amines is 1. The number of hydrogen-bond acceptors (Lipinski definition) is 2. The molecule has 0 aliphatic carbocycles. The SMILES string of the molecule is Cc1[nH]c(C(O)C2OCCC2C)c(C)c1C. The first kappa shape index (κ1) is 11.7. The molecule has 90 valence electrons. The molecular weight excluding hydrogens is 202 g/mol. The maximum atomic E-state index is 10.4. The molecule has 3 heteroatoms. The van der Waals surface area contributed by atoms with Crippen molar-refractivity contribution in [1.29, 1.82) is 0 Å². The predicted molar refractivity (Wildman–Crippen MR) is 63.5 cm³/mol. The van der Waals surface area contributed by atoms with E-state index in [9.17, 15) is 5.11 Å². The van der Waals surface area contributed by atoms with E-state index in [2.05, 4.69) is 25.8 Å². The highest BCUT2D eigenvalue weighted by Crippen LogP contribution is 2.33. The number of H-pyrrole nitrogens is 1. The third kappa shape index (κ3) is 1.78. The topological polar surface area (TPSA) is 45.2 Å². The third-order valence-electron chi connectivity index (χ3n) is 3.90. The van der Waals surface area contributed by atoms with Gasteiger partial charge in [0.15, 0.2) is 0 Å². The van der Waals surface area contributed by atoms with Gasteiger partial charge in [-0.1, -0.05) is 6.92 Å². The first-order chi connectivity index (χ1) is 7.52. The molecule has 1 aromatic heterocycles. The van der Waals surface area contributed by atoms with Crippen LogP contribution in [0.3, 0.4) is 0 Å². The van der Waals surface area contributed by atoms with Gasteiger partial charge in [-0.25, -0.2) is 0 Å². The van der Waals surface area contributed by atoms with Gasteiger partial charge < -0.3 is 14.8 Å². The molecule has 1 fully saturated rings. The van der Waals surface area contributed by atoms with Crippen molar-refractivity contribution in [2.24, 2.45) is 5.92 Å². The average Bonchev–Trinajstić information content (AvgIpc) is 2.77. The number of aromatic nitrogens is 1. The molecule has 2 heterocycles. The number of nitrogens with one attached hydrogen (secondary N) is 1. The minimum absolute atomic E-state index is 0.0591. The lowest BCUT2D eigenvalue weighted by atomic mass is 9.96. The van der Waals surface area contributed by atoms with Crippen molar-refractivity contribution in [2.75, 3.05) is 6.61 Å². The first-order valence-corrected chi connectivity index (χ1v) is 5.97. The van der Waals surface area contributed by atoms with Crippen LogP contribution in [0.2, 0.25) is 0 Å². The van der Waals surface area contributed by atoms with E-state index >= 15 is 0 Å². The van der Waals surface area contributed by atoms with Crippen molar-refractivity contribution in [3.63, 3.8) is 0 Å². The van der Waals surface area contributed by atoms with Gasteiger partial charge in [0, 0.05) is 18.0 Å². The van der Waals surface area contributed by atoms with Gasteiger partial charge in [0.2, 0.25) is 0 Å². The zero-order valence-electron chi connectivity index (χ0n) is 10.5. The van der Waals surface area contributed by atoms with Crippen molar-refractivity contribution in [1.82, 2.24) is 4.98 Å². The molecule has 1 aliphatic heterocycles. The maximum absolute atomic E-state index is 10.4. The molecular formula is C13H21NO2. The summed E-state index contributed by atoms with van der Waals surface area (Å²) in [6.45, 7) is 9.07. The summed E-state index contributed by atoms with van der Waals surface area (Å²) in [6.07, 6.45) is 0.459. The Morgan fingerprint density at radius 1 is 1.31 bits per heavy atom. The van der Waals surface area contributed by atoms with Crippen molar-refractivity contribution >= 4 is 0 Å². The van der Waals surface area contributed by atoms with E-state index in [0.717, 1.165) is 30.0 Å². The Balaban J connectivity index is 2.26. The molecule has 3 unspecified atom stereocenters. The maximum Gasteiger partial charge on any atom is 0.120 e. The number of aryl methyl sites for hydroxylation is 1. The van der Waals surface area contributed by atoms with Crippen LogP contribution in [0.5, 0.6) is 0 Å². The molecule has 2 rings (SSSR count). The second-order valence-electron chi connectivity index (χ2n) is 4.96. The highest BCUT2D eigenvalue weighted by Gasteiger charge is 2.33. The van der Waals surface area contributed by atoms with Crippen LogP contribution in [0.4, 0.5) is 0 Å². The van der Waals surface area contributed by atoms with E-state index in [1.165, 1.54) is 5.56 Å². The number of hydrogen-bond donors (Lipinski definition) is 2. The van der Waals surface area contributed by atoms with E-state index in [-0.39, 0.29) is 6.10 Å². The third-order valence-corrected chi connectivity index (χ3v) is 3.90. The van der Waals surface area contributed by atoms with Crippen LogP contribution in [0.15, 0.2) is 0 Å². The Labute approximate surface area is 96.8 Å². The highest BCUT2D eigenvalue weighted by molar-refractivity contribution is 5.35. The highest BCUT2D eigenvalue weighted by atomic mass is 16.5. The van der Waals surface area contributed by atoms with E-state index in [1.807, 2.05) is 6.92 Å². The minimum atomic E-state index is -0.523. The molecule has 3 nitrogen and oxygen atoms in total. The normalized spacial score (nSPS) is 27.3. The zero-order chi connectivity index (χ0) is 11.9. The molecule has 1 aromatic rings. The van der Waals surface area contributed by atoms with Crippen LogP contribution >= 0.6 is 0 Å². The summed E-state index contributed by atoms with van der Waals surface area (Å²) in [6, 6.07) is 0. The quantitative estimate of drug-likeness (QED) is 0.808. The average molecular weight is 223 g/mol. The Bertz CT molecular complexity index is 384. The van der Waals surface area contributed by atoms with Gasteiger partial charge in [0.05, 0.1) is 6.10 Å². The molecule has 1 aliphatic rings.